The molecule has 1 N–H and O–H groups in total. The van der Waals surface area contributed by atoms with Crippen molar-refractivity contribution in [3.63, 3.8) is 0 Å². The maximum Gasteiger partial charge on any atom is 0.224 e. The third-order valence-corrected chi connectivity index (χ3v) is 3.63. The summed E-state index contributed by atoms with van der Waals surface area (Å²) in [4.78, 5) is 12.1. The van der Waals surface area contributed by atoms with Crippen molar-refractivity contribution in [3.8, 4) is 0 Å². The van der Waals surface area contributed by atoms with E-state index in [4.69, 9.17) is 4.52 Å². The number of carbonyl (C=O) groups excluding carboxylic acids is 1. The lowest BCUT2D eigenvalue weighted by Gasteiger charge is -2.13. The minimum Gasteiger partial charge on any atom is -0.361 e. The van der Waals surface area contributed by atoms with Gasteiger partial charge in [-0.15, -0.1) is 0 Å². The Labute approximate surface area is 125 Å². The Morgan fingerprint density at radius 2 is 2.00 bits per heavy atom. The number of carbonyl (C=O) groups is 1. The van der Waals surface area contributed by atoms with Gasteiger partial charge in [-0.25, -0.2) is 0 Å². The van der Waals surface area contributed by atoms with Gasteiger partial charge < -0.3 is 9.84 Å². The first-order valence-corrected chi connectivity index (χ1v) is 7.31. The summed E-state index contributed by atoms with van der Waals surface area (Å²) < 4.78 is 5.08. The molecule has 2 rings (SSSR count). The van der Waals surface area contributed by atoms with E-state index in [1.165, 1.54) is 5.56 Å². The molecule has 112 valence electrons. The zero-order chi connectivity index (χ0) is 15.2. The summed E-state index contributed by atoms with van der Waals surface area (Å²) in [7, 11) is 0. The van der Waals surface area contributed by atoms with E-state index in [9.17, 15) is 4.79 Å². The fourth-order valence-electron chi connectivity index (χ4n) is 2.34. The SMILES string of the molecule is Cc1noc(C)c1CC(=O)N[C@H](C)CCc1ccccc1. The molecule has 1 aromatic heterocycles. The van der Waals surface area contributed by atoms with Crippen LogP contribution in [0.5, 0.6) is 0 Å². The van der Waals surface area contributed by atoms with Crippen LogP contribution in [0.15, 0.2) is 34.9 Å². The summed E-state index contributed by atoms with van der Waals surface area (Å²) >= 11 is 0. The normalized spacial score (nSPS) is 12.1. The number of hydrogen-bond donors (Lipinski definition) is 1. The number of rotatable bonds is 6. The van der Waals surface area contributed by atoms with Crippen molar-refractivity contribution < 1.29 is 9.32 Å². The number of amides is 1. The van der Waals surface area contributed by atoms with E-state index < -0.39 is 0 Å². The number of nitrogens with zero attached hydrogens (tertiary/aromatic N) is 1. The molecular formula is C17H22N2O2. The van der Waals surface area contributed by atoms with Gasteiger partial charge >= 0.3 is 0 Å². The molecule has 2 aromatic rings. The highest BCUT2D eigenvalue weighted by atomic mass is 16.5. The molecular weight excluding hydrogens is 264 g/mol. The lowest BCUT2D eigenvalue weighted by atomic mass is 10.1. The number of nitrogens with one attached hydrogen (secondary N) is 1. The molecule has 0 aliphatic rings. The van der Waals surface area contributed by atoms with E-state index in [0.717, 1.165) is 29.9 Å². The molecule has 21 heavy (non-hydrogen) atoms. The predicted octanol–water partition coefficient (Wildman–Crippen LogP) is 2.97. The zero-order valence-corrected chi connectivity index (χ0v) is 12.8. The summed E-state index contributed by atoms with van der Waals surface area (Å²) in [5, 5.41) is 6.90. The van der Waals surface area contributed by atoms with Crippen LogP contribution in [0.2, 0.25) is 0 Å². The standard InChI is InChI=1S/C17H22N2O2/c1-12(9-10-15-7-5-4-6-8-15)18-17(20)11-16-13(2)19-21-14(16)3/h4-8,12H,9-11H2,1-3H3,(H,18,20)/t12-/m1/s1. The van der Waals surface area contributed by atoms with Gasteiger partial charge in [0.2, 0.25) is 5.91 Å². The first kappa shape index (κ1) is 15.3. The van der Waals surface area contributed by atoms with Crippen LogP contribution in [0.3, 0.4) is 0 Å². The summed E-state index contributed by atoms with van der Waals surface area (Å²) in [6.07, 6.45) is 2.22. The molecule has 1 atom stereocenters. The average molecular weight is 286 g/mol. The number of hydrogen-bond acceptors (Lipinski definition) is 3. The van der Waals surface area contributed by atoms with Crippen LogP contribution in [-0.4, -0.2) is 17.1 Å². The zero-order valence-electron chi connectivity index (χ0n) is 12.8. The smallest absolute Gasteiger partial charge is 0.224 e. The largest absolute Gasteiger partial charge is 0.361 e. The van der Waals surface area contributed by atoms with Crippen LogP contribution >= 0.6 is 0 Å². The Bertz CT molecular complexity index is 571. The molecule has 0 unspecified atom stereocenters. The Hall–Kier alpha value is -2.10. The average Bonchev–Trinajstić information content (AvgIpc) is 2.78. The van der Waals surface area contributed by atoms with Crippen LogP contribution in [0.1, 0.15) is 35.9 Å². The fraction of sp³-hybridized carbons (Fsp3) is 0.412. The van der Waals surface area contributed by atoms with E-state index >= 15 is 0 Å². The van der Waals surface area contributed by atoms with Gasteiger partial charge in [-0.05, 0) is 39.2 Å². The third kappa shape index (κ3) is 4.45. The molecule has 0 aliphatic heterocycles. The monoisotopic (exact) mass is 286 g/mol. The molecule has 0 fully saturated rings. The van der Waals surface area contributed by atoms with E-state index in [2.05, 4.69) is 22.6 Å². The Kier molecular flexibility index (Phi) is 5.14. The number of aryl methyl sites for hydroxylation is 3. The molecule has 1 amide bonds. The second-order valence-electron chi connectivity index (χ2n) is 5.47. The molecule has 0 aliphatic carbocycles. The molecule has 1 aromatic carbocycles. The number of benzene rings is 1. The van der Waals surface area contributed by atoms with E-state index in [1.54, 1.807) is 0 Å². The van der Waals surface area contributed by atoms with Gasteiger partial charge in [-0.3, -0.25) is 4.79 Å². The van der Waals surface area contributed by atoms with Crippen LogP contribution in [-0.2, 0) is 17.6 Å². The lowest BCUT2D eigenvalue weighted by molar-refractivity contribution is -0.121. The van der Waals surface area contributed by atoms with Crippen molar-refractivity contribution in [2.75, 3.05) is 0 Å². The van der Waals surface area contributed by atoms with Gasteiger partial charge in [0.1, 0.15) is 5.76 Å². The van der Waals surface area contributed by atoms with Crippen LogP contribution in [0, 0.1) is 13.8 Å². The van der Waals surface area contributed by atoms with Gasteiger partial charge in [-0.1, -0.05) is 35.5 Å². The van der Waals surface area contributed by atoms with E-state index in [0.29, 0.717) is 6.42 Å². The first-order valence-electron chi connectivity index (χ1n) is 7.31. The molecule has 4 nitrogen and oxygen atoms in total. The molecule has 4 heteroatoms. The lowest BCUT2D eigenvalue weighted by Crippen LogP contribution is -2.34. The van der Waals surface area contributed by atoms with Gasteiger partial charge in [0, 0.05) is 11.6 Å². The van der Waals surface area contributed by atoms with Gasteiger partial charge in [0.25, 0.3) is 0 Å². The minimum atomic E-state index is 0.0185. The van der Waals surface area contributed by atoms with E-state index in [-0.39, 0.29) is 11.9 Å². The van der Waals surface area contributed by atoms with Crippen molar-refractivity contribution in [1.82, 2.24) is 10.5 Å². The third-order valence-electron chi connectivity index (χ3n) is 3.63. The van der Waals surface area contributed by atoms with Crippen LogP contribution in [0.25, 0.3) is 0 Å². The summed E-state index contributed by atoms with van der Waals surface area (Å²) in [6.45, 7) is 5.73. The second kappa shape index (κ2) is 7.07. The summed E-state index contributed by atoms with van der Waals surface area (Å²) in [5.74, 6) is 0.740. The molecule has 0 spiro atoms. The minimum absolute atomic E-state index is 0.0185. The Morgan fingerprint density at radius 3 is 2.62 bits per heavy atom. The highest BCUT2D eigenvalue weighted by Gasteiger charge is 2.14. The van der Waals surface area contributed by atoms with E-state index in [1.807, 2.05) is 39.0 Å². The Morgan fingerprint density at radius 1 is 1.29 bits per heavy atom. The quantitative estimate of drug-likeness (QED) is 0.888. The van der Waals surface area contributed by atoms with Crippen molar-refractivity contribution in [1.29, 1.82) is 0 Å². The van der Waals surface area contributed by atoms with Gasteiger partial charge in [0.15, 0.2) is 0 Å². The Balaban J connectivity index is 1.80. The summed E-state index contributed by atoms with van der Waals surface area (Å²) in [5.41, 5.74) is 2.98. The van der Waals surface area contributed by atoms with Crippen molar-refractivity contribution in [2.45, 2.75) is 46.1 Å². The van der Waals surface area contributed by atoms with Crippen molar-refractivity contribution >= 4 is 5.91 Å². The molecule has 0 saturated heterocycles. The molecule has 0 radical (unpaired) electrons. The maximum atomic E-state index is 12.1. The molecule has 1 heterocycles. The van der Waals surface area contributed by atoms with Crippen LogP contribution < -0.4 is 5.32 Å². The van der Waals surface area contributed by atoms with Crippen molar-refractivity contribution in [2.24, 2.45) is 0 Å². The van der Waals surface area contributed by atoms with Gasteiger partial charge in [-0.2, -0.15) is 0 Å². The predicted molar refractivity (Wildman–Crippen MR) is 82.0 cm³/mol. The summed E-state index contributed by atoms with van der Waals surface area (Å²) in [6, 6.07) is 10.5. The topological polar surface area (TPSA) is 55.1 Å². The fourth-order valence-corrected chi connectivity index (χ4v) is 2.34. The second-order valence-corrected chi connectivity index (χ2v) is 5.47. The van der Waals surface area contributed by atoms with Crippen LogP contribution in [0.4, 0.5) is 0 Å². The highest BCUT2D eigenvalue weighted by molar-refractivity contribution is 5.79. The molecule has 0 bridgehead atoms. The maximum absolute atomic E-state index is 12.1. The van der Waals surface area contributed by atoms with Gasteiger partial charge in [0.05, 0.1) is 12.1 Å². The first-order chi connectivity index (χ1) is 10.1. The molecule has 0 saturated carbocycles. The van der Waals surface area contributed by atoms with Crippen molar-refractivity contribution in [3.05, 3.63) is 52.9 Å². The highest BCUT2D eigenvalue weighted by Crippen LogP contribution is 2.13. The number of aromatic nitrogens is 1.